The third kappa shape index (κ3) is 3.69. The number of hydrogen-bond acceptors (Lipinski definition) is 1. The monoisotopic (exact) mass is 186 g/mol. The van der Waals surface area contributed by atoms with E-state index < -0.39 is 18.1 Å². The zero-order valence-corrected chi connectivity index (χ0v) is 6.62. The lowest BCUT2D eigenvalue weighted by Gasteiger charge is -2.08. The maximum Gasteiger partial charge on any atom is 0.453 e. The Morgan fingerprint density at radius 3 is 2.25 bits per heavy atom. The summed E-state index contributed by atoms with van der Waals surface area (Å²) in [5.74, 6) is -2.27. The summed E-state index contributed by atoms with van der Waals surface area (Å²) in [5, 5.41) is 0. The second-order valence-electron chi connectivity index (χ2n) is 2.47. The average Bonchev–Trinajstić information content (AvgIpc) is 1.97. The summed E-state index contributed by atoms with van der Waals surface area (Å²) in [6.07, 6.45) is -6.89. The van der Waals surface area contributed by atoms with E-state index in [-0.39, 0.29) is 6.42 Å². The van der Waals surface area contributed by atoms with Crippen LogP contribution in [-0.4, -0.2) is 18.1 Å². The largest absolute Gasteiger partial charge is 0.453 e. The molecule has 0 radical (unpaired) electrons. The van der Waals surface area contributed by atoms with Crippen molar-refractivity contribution in [3.8, 4) is 0 Å². The summed E-state index contributed by atoms with van der Waals surface area (Å²) in [7, 11) is 0. The molecule has 0 aromatic heterocycles. The molecule has 0 spiro atoms. The Labute approximate surface area is 67.8 Å². The fourth-order valence-corrected chi connectivity index (χ4v) is 0.692. The van der Waals surface area contributed by atoms with E-state index in [2.05, 4.69) is 0 Å². The van der Waals surface area contributed by atoms with Crippen LogP contribution in [0.25, 0.3) is 0 Å². The minimum absolute atomic E-state index is 0.295. The lowest BCUT2D eigenvalue weighted by Crippen LogP contribution is -2.31. The van der Waals surface area contributed by atoms with Crippen molar-refractivity contribution in [2.75, 3.05) is 0 Å². The maximum atomic E-state index is 12.4. The minimum Gasteiger partial charge on any atom is -0.286 e. The van der Waals surface area contributed by atoms with Gasteiger partial charge in [-0.15, -0.1) is 0 Å². The quantitative estimate of drug-likeness (QED) is 0.617. The van der Waals surface area contributed by atoms with Crippen molar-refractivity contribution < 1.29 is 22.4 Å². The van der Waals surface area contributed by atoms with E-state index in [0.717, 1.165) is 0 Å². The van der Waals surface area contributed by atoms with Crippen molar-refractivity contribution in [1.82, 2.24) is 0 Å². The number of halogens is 4. The van der Waals surface area contributed by atoms with Gasteiger partial charge in [-0.05, 0) is 6.42 Å². The molecule has 0 aliphatic rings. The molecule has 1 nitrogen and oxygen atoms in total. The number of carbonyl (C=O) groups excluding carboxylic acids is 1. The first-order chi connectivity index (χ1) is 5.39. The SMILES string of the molecule is CCCCC(F)C(=O)C(F)(F)F. The van der Waals surface area contributed by atoms with Crippen LogP contribution in [0.1, 0.15) is 26.2 Å². The number of unbranched alkanes of at least 4 members (excludes halogenated alkanes) is 1. The second kappa shape index (κ2) is 4.42. The number of ketones is 1. The smallest absolute Gasteiger partial charge is 0.286 e. The Hall–Kier alpha value is -0.610. The molecule has 0 heterocycles. The molecular weight excluding hydrogens is 176 g/mol. The molecular formula is C7H10F4O. The van der Waals surface area contributed by atoms with Gasteiger partial charge in [0, 0.05) is 0 Å². The normalized spacial score (nSPS) is 14.4. The highest BCUT2D eigenvalue weighted by atomic mass is 19.4. The van der Waals surface area contributed by atoms with Gasteiger partial charge < -0.3 is 0 Å². The van der Waals surface area contributed by atoms with Gasteiger partial charge in [-0.1, -0.05) is 19.8 Å². The molecule has 1 unspecified atom stereocenters. The summed E-state index contributed by atoms with van der Waals surface area (Å²) in [6.45, 7) is 1.71. The van der Waals surface area contributed by atoms with E-state index in [9.17, 15) is 22.4 Å². The summed E-state index contributed by atoms with van der Waals surface area (Å²) >= 11 is 0. The lowest BCUT2D eigenvalue weighted by molar-refractivity contribution is -0.176. The summed E-state index contributed by atoms with van der Waals surface area (Å²) in [5.41, 5.74) is 0. The fraction of sp³-hybridized carbons (Fsp3) is 0.857. The molecule has 0 N–H and O–H groups in total. The molecule has 5 heteroatoms. The predicted octanol–water partition coefficient (Wildman–Crippen LogP) is 2.65. The molecule has 0 saturated heterocycles. The van der Waals surface area contributed by atoms with Gasteiger partial charge >= 0.3 is 6.18 Å². The van der Waals surface area contributed by atoms with Crippen molar-refractivity contribution in [2.45, 2.75) is 38.5 Å². The number of carbonyl (C=O) groups is 1. The Morgan fingerprint density at radius 2 is 1.92 bits per heavy atom. The third-order valence-corrected chi connectivity index (χ3v) is 1.38. The van der Waals surface area contributed by atoms with Crippen molar-refractivity contribution in [3.05, 3.63) is 0 Å². The highest BCUT2D eigenvalue weighted by Crippen LogP contribution is 2.21. The van der Waals surface area contributed by atoms with Gasteiger partial charge in [-0.3, -0.25) is 4.79 Å². The number of Topliss-reactive ketones (excluding diaryl/α,β-unsaturated/α-hetero) is 1. The molecule has 72 valence electrons. The van der Waals surface area contributed by atoms with Crippen LogP contribution >= 0.6 is 0 Å². The minimum atomic E-state index is -5.03. The fourth-order valence-electron chi connectivity index (χ4n) is 0.692. The lowest BCUT2D eigenvalue weighted by atomic mass is 10.1. The van der Waals surface area contributed by atoms with Gasteiger partial charge in [-0.25, -0.2) is 4.39 Å². The Morgan fingerprint density at radius 1 is 1.42 bits per heavy atom. The van der Waals surface area contributed by atoms with Crippen LogP contribution in [0.4, 0.5) is 17.6 Å². The van der Waals surface area contributed by atoms with E-state index in [1.807, 2.05) is 0 Å². The van der Waals surface area contributed by atoms with Crippen molar-refractivity contribution in [1.29, 1.82) is 0 Å². The number of hydrogen-bond donors (Lipinski definition) is 0. The highest BCUT2D eigenvalue weighted by Gasteiger charge is 2.43. The molecule has 0 saturated carbocycles. The van der Waals surface area contributed by atoms with Crippen LogP contribution in [0.15, 0.2) is 0 Å². The van der Waals surface area contributed by atoms with Crippen LogP contribution in [0.3, 0.4) is 0 Å². The third-order valence-electron chi connectivity index (χ3n) is 1.38. The molecule has 1 atom stereocenters. The topological polar surface area (TPSA) is 17.1 Å². The average molecular weight is 186 g/mol. The van der Waals surface area contributed by atoms with Crippen molar-refractivity contribution in [3.63, 3.8) is 0 Å². The highest BCUT2D eigenvalue weighted by molar-refractivity contribution is 5.88. The van der Waals surface area contributed by atoms with Gasteiger partial charge in [-0.2, -0.15) is 13.2 Å². The molecule has 0 aliphatic carbocycles. The van der Waals surface area contributed by atoms with Crippen molar-refractivity contribution in [2.24, 2.45) is 0 Å². The molecule has 12 heavy (non-hydrogen) atoms. The summed E-state index contributed by atoms with van der Waals surface area (Å²) < 4.78 is 47.0. The van der Waals surface area contributed by atoms with Crippen LogP contribution in [0.5, 0.6) is 0 Å². The van der Waals surface area contributed by atoms with Gasteiger partial charge in [0.15, 0.2) is 6.17 Å². The second-order valence-corrected chi connectivity index (χ2v) is 2.47. The van der Waals surface area contributed by atoms with Gasteiger partial charge in [0.05, 0.1) is 0 Å². The Bertz CT molecular complexity index is 152. The van der Waals surface area contributed by atoms with Crippen LogP contribution in [0.2, 0.25) is 0 Å². The molecule has 0 rings (SSSR count). The van der Waals surface area contributed by atoms with Crippen molar-refractivity contribution >= 4 is 5.78 Å². The summed E-state index contributed by atoms with van der Waals surface area (Å²) in [4.78, 5) is 10.2. The van der Waals surface area contributed by atoms with Crippen LogP contribution in [0, 0.1) is 0 Å². The summed E-state index contributed by atoms with van der Waals surface area (Å²) in [6, 6.07) is 0. The van der Waals surface area contributed by atoms with E-state index in [0.29, 0.717) is 12.8 Å². The Balaban J connectivity index is 3.94. The molecule has 0 amide bonds. The van der Waals surface area contributed by atoms with Crippen LogP contribution in [-0.2, 0) is 4.79 Å². The maximum absolute atomic E-state index is 12.4. The van der Waals surface area contributed by atoms with E-state index in [1.54, 1.807) is 6.92 Å². The molecule has 0 aliphatic heterocycles. The first-order valence-electron chi connectivity index (χ1n) is 3.64. The number of rotatable bonds is 4. The molecule has 0 aromatic rings. The molecule has 0 fully saturated rings. The van der Waals surface area contributed by atoms with E-state index >= 15 is 0 Å². The Kier molecular flexibility index (Phi) is 4.20. The standard InChI is InChI=1S/C7H10F4O/c1-2-3-4-5(8)6(12)7(9,10)11/h5H,2-4H2,1H3. The van der Waals surface area contributed by atoms with Gasteiger partial charge in [0.2, 0.25) is 0 Å². The molecule has 0 aromatic carbocycles. The van der Waals surface area contributed by atoms with E-state index in [4.69, 9.17) is 0 Å². The first kappa shape index (κ1) is 11.4. The zero-order valence-electron chi connectivity index (χ0n) is 6.62. The van der Waals surface area contributed by atoms with Gasteiger partial charge in [0.1, 0.15) is 0 Å². The van der Waals surface area contributed by atoms with Crippen LogP contribution < -0.4 is 0 Å². The first-order valence-corrected chi connectivity index (χ1v) is 3.64. The molecule has 0 bridgehead atoms. The van der Waals surface area contributed by atoms with Gasteiger partial charge in [0.25, 0.3) is 5.78 Å². The van der Waals surface area contributed by atoms with E-state index in [1.165, 1.54) is 0 Å². The predicted molar refractivity (Wildman–Crippen MR) is 35.5 cm³/mol. The number of alkyl halides is 4. The zero-order chi connectivity index (χ0) is 9.78.